The number of rotatable bonds is 4. The van der Waals surface area contributed by atoms with Gasteiger partial charge < -0.3 is 9.67 Å². The van der Waals surface area contributed by atoms with E-state index in [1.54, 1.807) is 6.20 Å². The second kappa shape index (κ2) is 4.11. The fourth-order valence-corrected chi connectivity index (χ4v) is 2.54. The molecular weight excluding hydrogens is 226 g/mol. The summed E-state index contributed by atoms with van der Waals surface area (Å²) in [6.45, 7) is 0.856. The number of aliphatic hydroxyl groups is 1. The fourth-order valence-electron chi connectivity index (χ4n) is 2.54. The van der Waals surface area contributed by atoms with Gasteiger partial charge in [0.2, 0.25) is 0 Å². The molecule has 1 fully saturated rings. The SMILES string of the molecule is N#CCC1(Cn2cc(CO)c3cccnc32)CC1. The van der Waals surface area contributed by atoms with Crippen LogP contribution in [-0.2, 0) is 13.2 Å². The molecule has 0 saturated heterocycles. The van der Waals surface area contributed by atoms with E-state index in [2.05, 4.69) is 15.6 Å². The lowest BCUT2D eigenvalue weighted by Gasteiger charge is -2.12. The summed E-state index contributed by atoms with van der Waals surface area (Å²) < 4.78 is 2.09. The van der Waals surface area contributed by atoms with Crippen LogP contribution in [0.2, 0.25) is 0 Å². The number of pyridine rings is 1. The van der Waals surface area contributed by atoms with Crippen molar-refractivity contribution < 1.29 is 5.11 Å². The maximum absolute atomic E-state index is 9.37. The number of aliphatic hydroxyl groups excluding tert-OH is 1. The summed E-state index contributed by atoms with van der Waals surface area (Å²) in [5.41, 5.74) is 1.96. The zero-order chi connectivity index (χ0) is 12.6. The highest BCUT2D eigenvalue weighted by Gasteiger charge is 2.42. The Kier molecular flexibility index (Phi) is 2.57. The van der Waals surface area contributed by atoms with Crippen LogP contribution in [0.1, 0.15) is 24.8 Å². The molecule has 0 radical (unpaired) electrons. The third kappa shape index (κ3) is 1.77. The predicted molar refractivity (Wildman–Crippen MR) is 67.6 cm³/mol. The molecule has 1 saturated carbocycles. The van der Waals surface area contributed by atoms with Crippen molar-refractivity contribution in [3.63, 3.8) is 0 Å². The van der Waals surface area contributed by atoms with Crippen LogP contribution in [0.15, 0.2) is 24.5 Å². The number of hydrogen-bond acceptors (Lipinski definition) is 3. The standard InChI is InChI=1S/C14H15N3O/c15-6-5-14(3-4-14)10-17-8-11(9-18)12-2-1-7-16-13(12)17/h1-2,7-8,18H,3-5,9-10H2. The van der Waals surface area contributed by atoms with Gasteiger partial charge in [0.05, 0.1) is 12.7 Å². The highest BCUT2D eigenvalue weighted by molar-refractivity contribution is 5.80. The van der Waals surface area contributed by atoms with Gasteiger partial charge in [-0.1, -0.05) is 0 Å². The molecule has 0 aromatic carbocycles. The Morgan fingerprint density at radius 1 is 1.50 bits per heavy atom. The second-order valence-electron chi connectivity index (χ2n) is 5.15. The molecule has 0 unspecified atom stereocenters. The summed E-state index contributed by atoms with van der Waals surface area (Å²) in [6, 6.07) is 6.14. The summed E-state index contributed by atoms with van der Waals surface area (Å²) in [7, 11) is 0. The molecule has 18 heavy (non-hydrogen) atoms. The van der Waals surface area contributed by atoms with Crippen molar-refractivity contribution in [2.45, 2.75) is 32.4 Å². The molecule has 0 atom stereocenters. The van der Waals surface area contributed by atoms with Crippen LogP contribution in [0.4, 0.5) is 0 Å². The first-order valence-corrected chi connectivity index (χ1v) is 6.19. The fraction of sp³-hybridized carbons (Fsp3) is 0.429. The average molecular weight is 241 g/mol. The van der Waals surface area contributed by atoms with Gasteiger partial charge in [-0.3, -0.25) is 0 Å². The van der Waals surface area contributed by atoms with Crippen molar-refractivity contribution >= 4 is 11.0 Å². The van der Waals surface area contributed by atoms with Gasteiger partial charge in [-0.05, 0) is 25.0 Å². The third-order valence-electron chi connectivity index (χ3n) is 3.80. The second-order valence-corrected chi connectivity index (χ2v) is 5.15. The molecule has 1 aliphatic rings. The van der Waals surface area contributed by atoms with Crippen LogP contribution >= 0.6 is 0 Å². The molecule has 92 valence electrons. The summed E-state index contributed by atoms with van der Waals surface area (Å²) in [5.74, 6) is 0. The van der Waals surface area contributed by atoms with E-state index >= 15 is 0 Å². The molecule has 0 bridgehead atoms. The zero-order valence-electron chi connectivity index (χ0n) is 10.1. The lowest BCUT2D eigenvalue weighted by Crippen LogP contribution is -2.10. The van der Waals surface area contributed by atoms with Crippen LogP contribution in [0, 0.1) is 16.7 Å². The monoisotopic (exact) mass is 241 g/mol. The Hall–Kier alpha value is -1.86. The molecule has 1 N–H and O–H groups in total. The zero-order valence-corrected chi connectivity index (χ0v) is 10.1. The Morgan fingerprint density at radius 3 is 3.00 bits per heavy atom. The van der Waals surface area contributed by atoms with Crippen molar-refractivity contribution in [2.24, 2.45) is 5.41 Å². The molecule has 0 aliphatic heterocycles. The van der Waals surface area contributed by atoms with Crippen LogP contribution in [-0.4, -0.2) is 14.7 Å². The highest BCUT2D eigenvalue weighted by Crippen LogP contribution is 2.50. The highest BCUT2D eigenvalue weighted by atomic mass is 16.3. The predicted octanol–water partition coefficient (Wildman–Crippen LogP) is 2.22. The first-order valence-electron chi connectivity index (χ1n) is 6.19. The molecule has 0 amide bonds. The average Bonchev–Trinajstić information content (AvgIpc) is 3.05. The largest absolute Gasteiger partial charge is 0.392 e. The minimum absolute atomic E-state index is 0.0282. The van der Waals surface area contributed by atoms with Crippen molar-refractivity contribution in [1.29, 1.82) is 5.26 Å². The molecule has 4 heteroatoms. The Morgan fingerprint density at radius 2 is 2.33 bits per heavy atom. The minimum atomic E-state index is 0.0282. The summed E-state index contributed by atoms with van der Waals surface area (Å²) in [5, 5.41) is 19.2. The number of aromatic nitrogens is 2. The molecule has 2 aromatic rings. The van der Waals surface area contributed by atoms with Gasteiger partial charge >= 0.3 is 0 Å². The van der Waals surface area contributed by atoms with Crippen LogP contribution < -0.4 is 0 Å². The van der Waals surface area contributed by atoms with Crippen molar-refractivity contribution in [3.05, 3.63) is 30.1 Å². The number of nitrogens with zero attached hydrogens (tertiary/aromatic N) is 3. The van der Waals surface area contributed by atoms with E-state index in [1.807, 2.05) is 18.3 Å². The van der Waals surface area contributed by atoms with Crippen LogP contribution in [0.5, 0.6) is 0 Å². The van der Waals surface area contributed by atoms with E-state index in [0.717, 1.165) is 36.0 Å². The normalized spacial score (nSPS) is 16.7. The number of nitriles is 1. The third-order valence-corrected chi connectivity index (χ3v) is 3.80. The summed E-state index contributed by atoms with van der Waals surface area (Å²) in [4.78, 5) is 4.39. The summed E-state index contributed by atoms with van der Waals surface area (Å²) >= 11 is 0. The Balaban J connectivity index is 2.00. The first-order chi connectivity index (χ1) is 8.78. The van der Waals surface area contributed by atoms with Crippen molar-refractivity contribution in [3.8, 4) is 6.07 Å². The lowest BCUT2D eigenvalue weighted by molar-refractivity contribution is 0.282. The van der Waals surface area contributed by atoms with Crippen LogP contribution in [0.25, 0.3) is 11.0 Å². The van der Waals surface area contributed by atoms with E-state index < -0.39 is 0 Å². The van der Waals surface area contributed by atoms with Gasteiger partial charge in [0.15, 0.2) is 0 Å². The van der Waals surface area contributed by atoms with E-state index in [-0.39, 0.29) is 12.0 Å². The maximum Gasteiger partial charge on any atom is 0.140 e. The Labute approximate surface area is 105 Å². The van der Waals surface area contributed by atoms with Gasteiger partial charge in [0.1, 0.15) is 5.65 Å². The van der Waals surface area contributed by atoms with Gasteiger partial charge in [-0.15, -0.1) is 0 Å². The molecule has 4 nitrogen and oxygen atoms in total. The van der Waals surface area contributed by atoms with Gasteiger partial charge in [0.25, 0.3) is 0 Å². The van der Waals surface area contributed by atoms with E-state index in [0.29, 0.717) is 6.42 Å². The molecule has 3 rings (SSSR count). The molecule has 2 heterocycles. The summed E-state index contributed by atoms with van der Waals surface area (Å²) in [6.07, 6.45) is 6.57. The van der Waals surface area contributed by atoms with E-state index in [9.17, 15) is 5.11 Å². The van der Waals surface area contributed by atoms with E-state index in [1.165, 1.54) is 0 Å². The van der Waals surface area contributed by atoms with Crippen LogP contribution in [0.3, 0.4) is 0 Å². The van der Waals surface area contributed by atoms with Gasteiger partial charge in [-0.2, -0.15) is 5.26 Å². The number of hydrogen-bond donors (Lipinski definition) is 1. The Bertz CT molecular complexity index is 619. The topological polar surface area (TPSA) is 61.8 Å². The van der Waals surface area contributed by atoms with Gasteiger partial charge in [0, 0.05) is 41.7 Å². The quantitative estimate of drug-likeness (QED) is 0.892. The minimum Gasteiger partial charge on any atom is -0.392 e. The van der Waals surface area contributed by atoms with Crippen molar-refractivity contribution in [2.75, 3.05) is 0 Å². The number of fused-ring (bicyclic) bond motifs is 1. The van der Waals surface area contributed by atoms with Gasteiger partial charge in [-0.25, -0.2) is 4.98 Å². The molecule has 0 spiro atoms. The maximum atomic E-state index is 9.37. The smallest absolute Gasteiger partial charge is 0.140 e. The molecule has 1 aliphatic carbocycles. The molecular formula is C14H15N3O. The van der Waals surface area contributed by atoms with Crippen molar-refractivity contribution in [1.82, 2.24) is 9.55 Å². The van der Waals surface area contributed by atoms with E-state index in [4.69, 9.17) is 5.26 Å². The first kappa shape index (κ1) is 11.2. The lowest BCUT2D eigenvalue weighted by atomic mass is 10.0. The molecule has 2 aromatic heterocycles.